The molecule has 0 aliphatic carbocycles. The maximum absolute atomic E-state index is 13.6. The van der Waals surface area contributed by atoms with Gasteiger partial charge in [0.15, 0.2) is 24.0 Å². The van der Waals surface area contributed by atoms with E-state index in [9.17, 15) is 14.0 Å². The maximum Gasteiger partial charge on any atom is 0.338 e. The van der Waals surface area contributed by atoms with Crippen LogP contribution in [0.2, 0.25) is 0 Å². The van der Waals surface area contributed by atoms with E-state index in [-0.39, 0.29) is 24.7 Å². The van der Waals surface area contributed by atoms with E-state index in [1.807, 2.05) is 6.92 Å². The Balaban J connectivity index is 2.10. The van der Waals surface area contributed by atoms with Crippen LogP contribution in [0.15, 0.2) is 42.5 Å². The Bertz CT molecular complexity index is 788. The number of ether oxygens (including phenoxy) is 3. The number of esters is 1. The second-order valence-corrected chi connectivity index (χ2v) is 5.94. The van der Waals surface area contributed by atoms with E-state index in [1.54, 1.807) is 24.3 Å². The van der Waals surface area contributed by atoms with Crippen LogP contribution in [-0.2, 0) is 16.1 Å². The molecule has 0 atom stereocenters. The molecule has 0 N–H and O–H groups in total. The minimum absolute atomic E-state index is 0.0130. The molecule has 0 saturated carbocycles. The van der Waals surface area contributed by atoms with Crippen molar-refractivity contribution in [1.29, 1.82) is 0 Å². The first-order chi connectivity index (χ1) is 13.1. The fourth-order valence-corrected chi connectivity index (χ4v) is 2.42. The third-order valence-electron chi connectivity index (χ3n) is 3.87. The van der Waals surface area contributed by atoms with Gasteiger partial charge in [0.1, 0.15) is 0 Å². The highest BCUT2D eigenvalue weighted by Crippen LogP contribution is 2.18. The SMILES string of the molecule is CCCCOC(=O)c1ccc(C(=O)COc2ccccc2F)cc1COC. The van der Waals surface area contributed by atoms with Gasteiger partial charge in [-0.05, 0) is 36.2 Å². The average molecular weight is 374 g/mol. The van der Waals surface area contributed by atoms with Crippen molar-refractivity contribution in [3.63, 3.8) is 0 Å². The highest BCUT2D eigenvalue weighted by atomic mass is 19.1. The summed E-state index contributed by atoms with van der Waals surface area (Å²) in [6.07, 6.45) is 1.71. The molecule has 0 amide bonds. The zero-order valence-electron chi connectivity index (χ0n) is 15.5. The van der Waals surface area contributed by atoms with Gasteiger partial charge in [-0.25, -0.2) is 9.18 Å². The number of para-hydroxylation sites is 1. The van der Waals surface area contributed by atoms with E-state index >= 15 is 0 Å². The lowest BCUT2D eigenvalue weighted by Crippen LogP contribution is -2.15. The fraction of sp³-hybridized carbons (Fsp3) is 0.333. The molecular formula is C21H23FO5. The molecule has 2 aromatic rings. The third kappa shape index (κ3) is 5.89. The van der Waals surface area contributed by atoms with Crippen LogP contribution in [0.5, 0.6) is 5.75 Å². The molecule has 6 heteroatoms. The largest absolute Gasteiger partial charge is 0.482 e. The standard InChI is InChI=1S/C21H23FO5/c1-3-4-11-26-21(24)17-10-9-15(12-16(17)13-25-2)19(23)14-27-20-8-6-5-7-18(20)22/h5-10,12H,3-4,11,13-14H2,1-2H3. The molecule has 0 unspecified atom stereocenters. The van der Waals surface area contributed by atoms with Crippen LogP contribution in [0, 0.1) is 5.82 Å². The molecule has 0 radical (unpaired) electrons. The summed E-state index contributed by atoms with van der Waals surface area (Å²) in [6, 6.07) is 10.5. The van der Waals surface area contributed by atoms with Gasteiger partial charge < -0.3 is 14.2 Å². The summed E-state index contributed by atoms with van der Waals surface area (Å²) < 4.78 is 29.2. The minimum Gasteiger partial charge on any atom is -0.482 e. The number of carbonyl (C=O) groups excluding carboxylic acids is 2. The second kappa shape index (κ2) is 10.4. The number of ketones is 1. The van der Waals surface area contributed by atoms with E-state index in [0.717, 1.165) is 12.8 Å². The Morgan fingerprint density at radius 3 is 2.59 bits per heavy atom. The lowest BCUT2D eigenvalue weighted by atomic mass is 10.0. The van der Waals surface area contributed by atoms with Gasteiger partial charge in [0.25, 0.3) is 0 Å². The number of rotatable bonds is 10. The number of hydrogen-bond donors (Lipinski definition) is 0. The first-order valence-electron chi connectivity index (χ1n) is 8.76. The quantitative estimate of drug-likeness (QED) is 0.354. The monoisotopic (exact) mass is 374 g/mol. The van der Waals surface area contributed by atoms with Crippen LogP contribution in [0.25, 0.3) is 0 Å². The molecule has 27 heavy (non-hydrogen) atoms. The van der Waals surface area contributed by atoms with E-state index < -0.39 is 11.8 Å². The number of benzene rings is 2. The van der Waals surface area contributed by atoms with Crippen molar-refractivity contribution < 1.29 is 28.2 Å². The second-order valence-electron chi connectivity index (χ2n) is 5.94. The van der Waals surface area contributed by atoms with Crippen molar-refractivity contribution in [2.75, 3.05) is 20.3 Å². The third-order valence-corrected chi connectivity index (χ3v) is 3.87. The van der Waals surface area contributed by atoms with E-state index in [1.165, 1.54) is 25.3 Å². The summed E-state index contributed by atoms with van der Waals surface area (Å²) in [5.41, 5.74) is 1.26. The van der Waals surface area contributed by atoms with E-state index in [4.69, 9.17) is 14.2 Å². The van der Waals surface area contributed by atoms with Crippen LogP contribution < -0.4 is 4.74 Å². The van der Waals surface area contributed by atoms with E-state index in [0.29, 0.717) is 23.3 Å². The zero-order chi connectivity index (χ0) is 19.6. The van der Waals surface area contributed by atoms with Crippen LogP contribution >= 0.6 is 0 Å². The molecule has 0 bridgehead atoms. The van der Waals surface area contributed by atoms with Crippen LogP contribution in [-0.4, -0.2) is 32.1 Å². The molecule has 0 spiro atoms. The molecule has 2 aromatic carbocycles. The fourth-order valence-electron chi connectivity index (χ4n) is 2.42. The number of Topliss-reactive ketones (excluding diaryl/α,β-unsaturated/α-hetero) is 1. The molecule has 0 aliphatic heterocycles. The Hall–Kier alpha value is -2.73. The van der Waals surface area contributed by atoms with Crippen molar-refractivity contribution in [3.05, 3.63) is 65.0 Å². The summed E-state index contributed by atoms with van der Waals surface area (Å²) >= 11 is 0. The summed E-state index contributed by atoms with van der Waals surface area (Å²) in [5, 5.41) is 0. The van der Waals surface area contributed by atoms with Crippen molar-refractivity contribution in [3.8, 4) is 5.75 Å². The molecule has 0 saturated heterocycles. The highest BCUT2D eigenvalue weighted by Gasteiger charge is 2.16. The highest BCUT2D eigenvalue weighted by molar-refractivity contribution is 5.99. The number of methoxy groups -OCH3 is 1. The normalized spacial score (nSPS) is 10.5. The lowest BCUT2D eigenvalue weighted by Gasteiger charge is -2.11. The molecule has 0 fully saturated rings. The van der Waals surface area contributed by atoms with E-state index in [2.05, 4.69) is 0 Å². The lowest BCUT2D eigenvalue weighted by molar-refractivity contribution is 0.0494. The number of hydrogen-bond acceptors (Lipinski definition) is 5. The zero-order valence-corrected chi connectivity index (χ0v) is 15.5. The summed E-state index contributed by atoms with van der Waals surface area (Å²) in [5.74, 6) is -1.30. The van der Waals surface area contributed by atoms with Gasteiger partial charge in [0, 0.05) is 12.7 Å². The molecular weight excluding hydrogens is 351 g/mol. The summed E-state index contributed by atoms with van der Waals surface area (Å²) in [6.45, 7) is 2.20. The van der Waals surface area contributed by atoms with Gasteiger partial charge in [-0.15, -0.1) is 0 Å². The predicted octanol–water partition coefficient (Wildman–Crippen LogP) is 4.19. The van der Waals surface area contributed by atoms with Gasteiger partial charge in [-0.2, -0.15) is 0 Å². The Labute approximate surface area is 158 Å². The van der Waals surface area contributed by atoms with Gasteiger partial charge in [0.2, 0.25) is 0 Å². The number of unbranched alkanes of at least 4 members (excludes halogenated alkanes) is 1. The first-order valence-corrected chi connectivity index (χ1v) is 8.76. The van der Waals surface area contributed by atoms with Crippen molar-refractivity contribution in [2.45, 2.75) is 26.4 Å². The summed E-state index contributed by atoms with van der Waals surface area (Å²) in [7, 11) is 1.50. The maximum atomic E-state index is 13.6. The van der Waals surface area contributed by atoms with Gasteiger partial charge in [-0.3, -0.25) is 4.79 Å². The smallest absolute Gasteiger partial charge is 0.338 e. The first kappa shape index (κ1) is 20.6. The molecule has 5 nitrogen and oxygen atoms in total. The molecule has 0 aliphatic rings. The van der Waals surface area contributed by atoms with Crippen LogP contribution in [0.4, 0.5) is 4.39 Å². The average Bonchev–Trinajstić information content (AvgIpc) is 2.67. The van der Waals surface area contributed by atoms with Crippen molar-refractivity contribution in [1.82, 2.24) is 0 Å². The predicted molar refractivity (Wildman–Crippen MR) is 98.6 cm³/mol. The molecule has 144 valence electrons. The molecule has 0 heterocycles. The van der Waals surface area contributed by atoms with Crippen LogP contribution in [0.1, 0.15) is 46.0 Å². The number of halogens is 1. The molecule has 0 aromatic heterocycles. The van der Waals surface area contributed by atoms with Gasteiger partial charge in [0.05, 0.1) is 18.8 Å². The summed E-state index contributed by atoms with van der Waals surface area (Å²) in [4.78, 5) is 24.6. The van der Waals surface area contributed by atoms with Crippen molar-refractivity contribution in [2.24, 2.45) is 0 Å². The Morgan fingerprint density at radius 2 is 1.89 bits per heavy atom. The minimum atomic E-state index is -0.532. The van der Waals surface area contributed by atoms with Crippen LogP contribution in [0.3, 0.4) is 0 Å². The van der Waals surface area contributed by atoms with Gasteiger partial charge >= 0.3 is 5.97 Å². The Morgan fingerprint density at radius 1 is 1.11 bits per heavy atom. The van der Waals surface area contributed by atoms with Gasteiger partial charge in [-0.1, -0.05) is 31.5 Å². The molecule has 2 rings (SSSR count). The Kier molecular flexibility index (Phi) is 7.95. The topological polar surface area (TPSA) is 61.8 Å². The number of carbonyl (C=O) groups is 2. The van der Waals surface area contributed by atoms with Crippen molar-refractivity contribution >= 4 is 11.8 Å².